The van der Waals surface area contributed by atoms with Crippen LogP contribution in [0.25, 0.3) is 0 Å². The van der Waals surface area contributed by atoms with Crippen LogP contribution in [0.3, 0.4) is 0 Å². The van der Waals surface area contributed by atoms with E-state index in [1.807, 2.05) is 6.92 Å². The van der Waals surface area contributed by atoms with Gasteiger partial charge in [-0.05, 0) is 25.1 Å². The molecule has 5 nitrogen and oxygen atoms in total. The molecule has 0 fully saturated rings. The number of pyridine rings is 1. The Bertz CT molecular complexity index is 494. The lowest BCUT2D eigenvalue weighted by atomic mass is 10.4. The predicted octanol–water partition coefficient (Wildman–Crippen LogP) is 2.33. The standard InChI is InChI=1S/C12H12N2O3/c1-2-16-11-7-3-6-10(13-11)14-12(15)9-5-4-8-17-9/h3-8H,2H2,1H3,(H,13,14,15). The molecule has 0 aliphatic rings. The summed E-state index contributed by atoms with van der Waals surface area (Å²) in [7, 11) is 0. The maximum absolute atomic E-state index is 11.7. The fourth-order valence-electron chi connectivity index (χ4n) is 1.30. The first-order valence-electron chi connectivity index (χ1n) is 5.24. The van der Waals surface area contributed by atoms with E-state index in [9.17, 15) is 4.79 Å². The molecule has 2 aromatic heterocycles. The van der Waals surface area contributed by atoms with Crippen molar-refractivity contribution in [3.8, 4) is 5.88 Å². The SMILES string of the molecule is CCOc1cccc(NC(=O)c2ccco2)n1. The third-order valence-electron chi connectivity index (χ3n) is 2.00. The van der Waals surface area contributed by atoms with E-state index in [0.29, 0.717) is 18.3 Å². The van der Waals surface area contributed by atoms with E-state index in [-0.39, 0.29) is 11.7 Å². The highest BCUT2D eigenvalue weighted by molar-refractivity contribution is 6.01. The molecule has 17 heavy (non-hydrogen) atoms. The van der Waals surface area contributed by atoms with Gasteiger partial charge in [-0.25, -0.2) is 0 Å². The molecule has 0 aromatic carbocycles. The van der Waals surface area contributed by atoms with Crippen molar-refractivity contribution in [3.63, 3.8) is 0 Å². The summed E-state index contributed by atoms with van der Waals surface area (Å²) in [6.07, 6.45) is 1.44. The number of carbonyl (C=O) groups excluding carboxylic acids is 1. The van der Waals surface area contributed by atoms with Crippen LogP contribution in [0.2, 0.25) is 0 Å². The zero-order valence-corrected chi connectivity index (χ0v) is 9.34. The minimum absolute atomic E-state index is 0.244. The van der Waals surface area contributed by atoms with Crippen molar-refractivity contribution in [2.75, 3.05) is 11.9 Å². The highest BCUT2D eigenvalue weighted by Gasteiger charge is 2.09. The third-order valence-corrected chi connectivity index (χ3v) is 2.00. The number of aromatic nitrogens is 1. The Morgan fingerprint density at radius 3 is 3.00 bits per heavy atom. The van der Waals surface area contributed by atoms with Crippen molar-refractivity contribution in [2.24, 2.45) is 0 Å². The average molecular weight is 232 g/mol. The van der Waals surface area contributed by atoms with Gasteiger partial charge in [0.2, 0.25) is 5.88 Å². The minimum Gasteiger partial charge on any atom is -0.478 e. The smallest absolute Gasteiger partial charge is 0.292 e. The molecule has 0 aliphatic heterocycles. The summed E-state index contributed by atoms with van der Waals surface area (Å²) in [4.78, 5) is 15.8. The number of nitrogens with one attached hydrogen (secondary N) is 1. The Labute approximate surface area is 98.4 Å². The van der Waals surface area contributed by atoms with Gasteiger partial charge >= 0.3 is 0 Å². The van der Waals surface area contributed by atoms with Gasteiger partial charge < -0.3 is 14.5 Å². The Morgan fingerprint density at radius 1 is 1.41 bits per heavy atom. The van der Waals surface area contributed by atoms with E-state index < -0.39 is 0 Å². The number of furan rings is 1. The van der Waals surface area contributed by atoms with E-state index in [4.69, 9.17) is 9.15 Å². The molecule has 0 bridgehead atoms. The van der Waals surface area contributed by atoms with E-state index >= 15 is 0 Å². The Hall–Kier alpha value is -2.30. The molecule has 2 heterocycles. The lowest BCUT2D eigenvalue weighted by molar-refractivity contribution is 0.0996. The Kier molecular flexibility index (Phi) is 3.40. The van der Waals surface area contributed by atoms with Gasteiger partial charge in [0, 0.05) is 6.07 Å². The third kappa shape index (κ3) is 2.84. The molecule has 5 heteroatoms. The molecule has 1 N–H and O–H groups in total. The molecule has 1 amide bonds. The van der Waals surface area contributed by atoms with Crippen LogP contribution in [0.5, 0.6) is 5.88 Å². The summed E-state index contributed by atoms with van der Waals surface area (Å²) in [6, 6.07) is 8.41. The first-order chi connectivity index (χ1) is 8.29. The van der Waals surface area contributed by atoms with Crippen molar-refractivity contribution < 1.29 is 13.9 Å². The molecule has 88 valence electrons. The first kappa shape index (κ1) is 11.2. The van der Waals surface area contributed by atoms with Crippen molar-refractivity contribution in [2.45, 2.75) is 6.92 Å². The topological polar surface area (TPSA) is 64.4 Å². The number of amides is 1. The van der Waals surface area contributed by atoms with Gasteiger partial charge in [0.05, 0.1) is 12.9 Å². The van der Waals surface area contributed by atoms with Gasteiger partial charge in [-0.15, -0.1) is 0 Å². The van der Waals surface area contributed by atoms with Gasteiger partial charge in [-0.1, -0.05) is 6.07 Å². The van der Waals surface area contributed by atoms with Crippen LogP contribution in [-0.2, 0) is 0 Å². The molecule has 0 spiro atoms. The second-order valence-electron chi connectivity index (χ2n) is 3.23. The van der Waals surface area contributed by atoms with Gasteiger partial charge in [0.25, 0.3) is 5.91 Å². The molecule has 2 aromatic rings. The zero-order chi connectivity index (χ0) is 12.1. The number of carbonyl (C=O) groups is 1. The van der Waals surface area contributed by atoms with Gasteiger partial charge in [-0.2, -0.15) is 4.98 Å². The number of hydrogen-bond donors (Lipinski definition) is 1. The van der Waals surface area contributed by atoms with Crippen LogP contribution >= 0.6 is 0 Å². The first-order valence-corrected chi connectivity index (χ1v) is 5.24. The van der Waals surface area contributed by atoms with E-state index in [2.05, 4.69) is 10.3 Å². The van der Waals surface area contributed by atoms with Crippen LogP contribution < -0.4 is 10.1 Å². The molecule has 0 radical (unpaired) electrons. The van der Waals surface area contributed by atoms with Crippen LogP contribution in [-0.4, -0.2) is 17.5 Å². The second kappa shape index (κ2) is 5.16. The van der Waals surface area contributed by atoms with Gasteiger partial charge in [0.15, 0.2) is 5.76 Å². The molecule has 2 rings (SSSR count). The van der Waals surface area contributed by atoms with E-state index in [0.717, 1.165) is 0 Å². The van der Waals surface area contributed by atoms with Gasteiger partial charge in [0.1, 0.15) is 5.82 Å². The molecule has 0 saturated carbocycles. The maximum Gasteiger partial charge on any atom is 0.292 e. The van der Waals surface area contributed by atoms with Crippen molar-refractivity contribution in [1.29, 1.82) is 0 Å². The van der Waals surface area contributed by atoms with Crippen LogP contribution in [0.15, 0.2) is 41.0 Å². The number of hydrogen-bond acceptors (Lipinski definition) is 4. The molecular formula is C12H12N2O3. The number of ether oxygens (including phenoxy) is 1. The largest absolute Gasteiger partial charge is 0.478 e. The zero-order valence-electron chi connectivity index (χ0n) is 9.34. The quantitative estimate of drug-likeness (QED) is 0.878. The monoisotopic (exact) mass is 232 g/mol. The summed E-state index contributed by atoms with van der Waals surface area (Å²) >= 11 is 0. The summed E-state index contributed by atoms with van der Waals surface area (Å²) < 4.78 is 10.2. The molecule has 0 unspecified atom stereocenters. The number of rotatable bonds is 4. The summed E-state index contributed by atoms with van der Waals surface area (Å²) in [5.41, 5.74) is 0. The lowest BCUT2D eigenvalue weighted by Crippen LogP contribution is -2.12. The lowest BCUT2D eigenvalue weighted by Gasteiger charge is -2.05. The average Bonchev–Trinajstić information content (AvgIpc) is 2.83. The Morgan fingerprint density at radius 2 is 2.29 bits per heavy atom. The fourth-order valence-corrected chi connectivity index (χ4v) is 1.30. The highest BCUT2D eigenvalue weighted by atomic mass is 16.5. The molecular weight excluding hydrogens is 220 g/mol. The molecule has 0 atom stereocenters. The summed E-state index contributed by atoms with van der Waals surface area (Å²) in [5.74, 6) is 0.812. The fraction of sp³-hybridized carbons (Fsp3) is 0.167. The predicted molar refractivity (Wildman–Crippen MR) is 62.1 cm³/mol. The maximum atomic E-state index is 11.7. The van der Waals surface area contributed by atoms with E-state index in [1.54, 1.807) is 30.3 Å². The van der Waals surface area contributed by atoms with Gasteiger partial charge in [-0.3, -0.25) is 4.79 Å². The minimum atomic E-state index is -0.337. The summed E-state index contributed by atoms with van der Waals surface area (Å²) in [6.45, 7) is 2.40. The Balaban J connectivity index is 2.08. The van der Waals surface area contributed by atoms with Crippen LogP contribution in [0.4, 0.5) is 5.82 Å². The van der Waals surface area contributed by atoms with Crippen LogP contribution in [0, 0.1) is 0 Å². The van der Waals surface area contributed by atoms with Crippen molar-refractivity contribution in [1.82, 2.24) is 4.98 Å². The van der Waals surface area contributed by atoms with E-state index in [1.165, 1.54) is 6.26 Å². The van der Waals surface area contributed by atoms with Crippen LogP contribution in [0.1, 0.15) is 17.5 Å². The molecule has 0 aliphatic carbocycles. The second-order valence-corrected chi connectivity index (χ2v) is 3.23. The van der Waals surface area contributed by atoms with Crippen molar-refractivity contribution >= 4 is 11.7 Å². The number of anilines is 1. The summed E-state index contributed by atoms with van der Waals surface area (Å²) in [5, 5.41) is 2.62. The number of nitrogens with zero attached hydrogens (tertiary/aromatic N) is 1. The molecule has 0 saturated heterocycles. The van der Waals surface area contributed by atoms with Crippen molar-refractivity contribution in [3.05, 3.63) is 42.4 Å². The normalized spacial score (nSPS) is 9.94. The highest BCUT2D eigenvalue weighted by Crippen LogP contribution is 2.12.